The number of ether oxygens (including phenoxy) is 1. The van der Waals surface area contributed by atoms with Gasteiger partial charge < -0.3 is 15.0 Å². The van der Waals surface area contributed by atoms with Crippen LogP contribution in [0.2, 0.25) is 0 Å². The number of rotatable bonds is 3. The van der Waals surface area contributed by atoms with E-state index >= 15 is 0 Å². The monoisotopic (exact) mass is 294 g/mol. The SMILES string of the molecule is O=C1CN(CC2CCCCO2)C(=O)C(C2CCCCC2)N1. The number of piperazine rings is 1. The molecule has 0 spiro atoms. The summed E-state index contributed by atoms with van der Waals surface area (Å²) in [4.78, 5) is 26.4. The number of carbonyl (C=O) groups is 2. The van der Waals surface area contributed by atoms with Gasteiger partial charge in [0, 0.05) is 13.2 Å². The van der Waals surface area contributed by atoms with Crippen LogP contribution < -0.4 is 5.32 Å². The van der Waals surface area contributed by atoms with Gasteiger partial charge in [-0.15, -0.1) is 0 Å². The van der Waals surface area contributed by atoms with E-state index in [-0.39, 0.29) is 30.5 Å². The highest BCUT2D eigenvalue weighted by Gasteiger charge is 2.38. The molecule has 1 saturated carbocycles. The number of carbonyl (C=O) groups excluding carboxylic acids is 2. The van der Waals surface area contributed by atoms with E-state index in [9.17, 15) is 9.59 Å². The van der Waals surface area contributed by atoms with Crippen molar-refractivity contribution in [2.24, 2.45) is 5.92 Å². The van der Waals surface area contributed by atoms with E-state index in [4.69, 9.17) is 4.74 Å². The maximum atomic E-state index is 12.7. The molecule has 5 heteroatoms. The quantitative estimate of drug-likeness (QED) is 0.857. The highest BCUT2D eigenvalue weighted by molar-refractivity contribution is 5.95. The summed E-state index contributed by atoms with van der Waals surface area (Å²) in [5.41, 5.74) is 0. The average Bonchev–Trinajstić information content (AvgIpc) is 2.52. The number of hydrogen-bond acceptors (Lipinski definition) is 3. The normalized spacial score (nSPS) is 32.1. The fourth-order valence-corrected chi connectivity index (χ4v) is 3.87. The van der Waals surface area contributed by atoms with Crippen molar-refractivity contribution in [3.05, 3.63) is 0 Å². The lowest BCUT2D eigenvalue weighted by molar-refractivity contribution is -0.148. The lowest BCUT2D eigenvalue weighted by Gasteiger charge is -2.39. The molecular formula is C16H26N2O3. The summed E-state index contributed by atoms with van der Waals surface area (Å²) in [6.07, 6.45) is 9.10. The molecule has 0 aromatic carbocycles. The first-order valence-electron chi connectivity index (χ1n) is 8.44. The summed E-state index contributed by atoms with van der Waals surface area (Å²) in [5, 5.41) is 2.93. The van der Waals surface area contributed by atoms with E-state index in [2.05, 4.69) is 5.32 Å². The minimum absolute atomic E-state index is 0.0130. The lowest BCUT2D eigenvalue weighted by Crippen LogP contribution is -2.61. The molecule has 3 aliphatic rings. The first-order chi connectivity index (χ1) is 10.2. The van der Waals surface area contributed by atoms with Gasteiger partial charge in [0.05, 0.1) is 12.6 Å². The van der Waals surface area contributed by atoms with E-state index in [0.717, 1.165) is 38.7 Å². The minimum atomic E-state index is -0.296. The molecule has 2 saturated heterocycles. The molecule has 3 rings (SSSR count). The Morgan fingerprint density at radius 1 is 1.05 bits per heavy atom. The highest BCUT2D eigenvalue weighted by Crippen LogP contribution is 2.28. The molecule has 2 atom stereocenters. The fourth-order valence-electron chi connectivity index (χ4n) is 3.87. The van der Waals surface area contributed by atoms with Gasteiger partial charge in [-0.05, 0) is 38.0 Å². The molecule has 2 amide bonds. The van der Waals surface area contributed by atoms with Crippen LogP contribution in [0.15, 0.2) is 0 Å². The second-order valence-electron chi connectivity index (χ2n) is 6.65. The van der Waals surface area contributed by atoms with Crippen LogP contribution in [-0.4, -0.2) is 48.6 Å². The van der Waals surface area contributed by atoms with Gasteiger partial charge >= 0.3 is 0 Å². The van der Waals surface area contributed by atoms with Crippen molar-refractivity contribution in [2.45, 2.75) is 63.5 Å². The molecule has 2 unspecified atom stereocenters. The summed E-state index contributed by atoms with van der Waals surface area (Å²) >= 11 is 0. The third kappa shape index (κ3) is 3.57. The summed E-state index contributed by atoms with van der Waals surface area (Å²) < 4.78 is 5.72. The largest absolute Gasteiger partial charge is 0.376 e. The van der Waals surface area contributed by atoms with E-state index < -0.39 is 0 Å². The molecule has 2 aliphatic heterocycles. The first kappa shape index (κ1) is 14.8. The van der Waals surface area contributed by atoms with Crippen LogP contribution in [0.5, 0.6) is 0 Å². The molecule has 0 radical (unpaired) electrons. The Kier molecular flexibility index (Phi) is 4.78. The van der Waals surface area contributed by atoms with Crippen LogP contribution in [0.25, 0.3) is 0 Å². The Morgan fingerprint density at radius 3 is 2.52 bits per heavy atom. The van der Waals surface area contributed by atoms with Gasteiger partial charge in [-0.3, -0.25) is 9.59 Å². The van der Waals surface area contributed by atoms with Crippen LogP contribution in [-0.2, 0) is 14.3 Å². The van der Waals surface area contributed by atoms with Gasteiger partial charge in [0.1, 0.15) is 6.04 Å². The summed E-state index contributed by atoms with van der Waals surface area (Å²) in [6, 6.07) is -0.296. The third-order valence-corrected chi connectivity index (χ3v) is 5.05. The topological polar surface area (TPSA) is 58.6 Å². The molecule has 1 aliphatic carbocycles. The zero-order chi connectivity index (χ0) is 14.7. The van der Waals surface area contributed by atoms with Gasteiger partial charge in [0.15, 0.2) is 0 Å². The molecule has 2 heterocycles. The number of nitrogens with one attached hydrogen (secondary N) is 1. The van der Waals surface area contributed by atoms with Crippen molar-refractivity contribution in [1.29, 1.82) is 0 Å². The third-order valence-electron chi connectivity index (χ3n) is 5.05. The average molecular weight is 294 g/mol. The van der Waals surface area contributed by atoms with Gasteiger partial charge in [-0.1, -0.05) is 19.3 Å². The van der Waals surface area contributed by atoms with E-state index in [1.165, 1.54) is 19.3 Å². The van der Waals surface area contributed by atoms with Gasteiger partial charge in [0.25, 0.3) is 0 Å². The summed E-state index contributed by atoms with van der Waals surface area (Å²) in [5.74, 6) is 0.418. The zero-order valence-corrected chi connectivity index (χ0v) is 12.7. The molecule has 3 fully saturated rings. The van der Waals surface area contributed by atoms with Crippen LogP contribution in [0.3, 0.4) is 0 Å². The smallest absolute Gasteiger partial charge is 0.245 e. The van der Waals surface area contributed by atoms with Gasteiger partial charge in [-0.2, -0.15) is 0 Å². The second kappa shape index (κ2) is 6.77. The predicted octanol–water partition coefficient (Wildman–Crippen LogP) is 1.46. The Bertz CT molecular complexity index is 387. The van der Waals surface area contributed by atoms with Crippen molar-refractivity contribution in [2.75, 3.05) is 19.7 Å². The molecule has 0 bridgehead atoms. The fraction of sp³-hybridized carbons (Fsp3) is 0.875. The summed E-state index contributed by atoms with van der Waals surface area (Å²) in [7, 11) is 0. The number of amides is 2. The van der Waals surface area contributed by atoms with E-state index in [1.54, 1.807) is 4.90 Å². The Labute approximate surface area is 126 Å². The molecule has 118 valence electrons. The summed E-state index contributed by atoms with van der Waals surface area (Å²) in [6.45, 7) is 1.56. The Morgan fingerprint density at radius 2 is 1.81 bits per heavy atom. The van der Waals surface area contributed by atoms with Crippen LogP contribution in [0, 0.1) is 5.92 Å². The van der Waals surface area contributed by atoms with Crippen LogP contribution in [0.1, 0.15) is 51.4 Å². The van der Waals surface area contributed by atoms with E-state index in [0.29, 0.717) is 12.5 Å². The number of hydrogen-bond donors (Lipinski definition) is 1. The molecule has 0 aromatic rings. The Hall–Kier alpha value is -1.10. The maximum absolute atomic E-state index is 12.7. The Balaban J connectivity index is 1.63. The van der Waals surface area contributed by atoms with Crippen LogP contribution in [0.4, 0.5) is 0 Å². The zero-order valence-electron chi connectivity index (χ0n) is 12.7. The van der Waals surface area contributed by atoms with Gasteiger partial charge in [0.2, 0.25) is 11.8 Å². The number of nitrogens with zero attached hydrogens (tertiary/aromatic N) is 1. The maximum Gasteiger partial charge on any atom is 0.245 e. The second-order valence-corrected chi connectivity index (χ2v) is 6.65. The molecule has 1 N–H and O–H groups in total. The van der Waals surface area contributed by atoms with Crippen molar-refractivity contribution >= 4 is 11.8 Å². The minimum Gasteiger partial charge on any atom is -0.376 e. The molecule has 21 heavy (non-hydrogen) atoms. The predicted molar refractivity (Wildman–Crippen MR) is 78.7 cm³/mol. The van der Waals surface area contributed by atoms with Crippen molar-refractivity contribution in [3.63, 3.8) is 0 Å². The molecular weight excluding hydrogens is 268 g/mol. The van der Waals surface area contributed by atoms with Crippen LogP contribution >= 0.6 is 0 Å². The van der Waals surface area contributed by atoms with Crippen molar-refractivity contribution < 1.29 is 14.3 Å². The van der Waals surface area contributed by atoms with Crippen molar-refractivity contribution in [3.8, 4) is 0 Å². The molecule has 5 nitrogen and oxygen atoms in total. The standard InChI is InChI=1S/C16H26N2O3/c19-14-11-18(10-13-8-4-5-9-21-13)16(20)15(17-14)12-6-2-1-3-7-12/h12-13,15H,1-11H2,(H,17,19). The first-order valence-corrected chi connectivity index (χ1v) is 8.44. The molecule has 0 aromatic heterocycles. The van der Waals surface area contributed by atoms with Crippen molar-refractivity contribution in [1.82, 2.24) is 10.2 Å². The highest BCUT2D eigenvalue weighted by atomic mass is 16.5. The van der Waals surface area contributed by atoms with E-state index in [1.807, 2.05) is 0 Å². The van der Waals surface area contributed by atoms with Gasteiger partial charge in [-0.25, -0.2) is 0 Å². The lowest BCUT2D eigenvalue weighted by atomic mass is 9.82.